The van der Waals surface area contributed by atoms with Gasteiger partial charge >= 0.3 is 0 Å². The predicted molar refractivity (Wildman–Crippen MR) is 111 cm³/mol. The minimum absolute atomic E-state index is 0.0445. The maximum atomic E-state index is 13.1. The average molecular weight is 390 g/mol. The lowest BCUT2D eigenvalue weighted by molar-refractivity contribution is 0.178. The van der Waals surface area contributed by atoms with E-state index in [2.05, 4.69) is 11.0 Å². The van der Waals surface area contributed by atoms with Crippen molar-refractivity contribution < 1.29 is 8.32 Å². The van der Waals surface area contributed by atoms with E-state index in [-0.39, 0.29) is 6.04 Å². The number of piperidine rings is 1. The molecule has 2 aromatic carbocycles. The van der Waals surface area contributed by atoms with Crippen LogP contribution in [0.4, 0.5) is 11.4 Å². The van der Waals surface area contributed by atoms with Crippen LogP contribution < -0.4 is 4.90 Å². The number of hydrogen-bond donors (Lipinski definition) is 0. The molecule has 0 bridgehead atoms. The smallest absolute Gasteiger partial charge is 0.0892 e. The van der Waals surface area contributed by atoms with Crippen LogP contribution >= 0.6 is 11.8 Å². The lowest BCUT2D eigenvalue weighted by Crippen LogP contribution is -2.39. The molecule has 0 amide bonds. The minimum atomic E-state index is -2.05. The summed E-state index contributed by atoms with van der Waals surface area (Å²) < 4.78 is 36.8. The molecule has 0 aliphatic carbocycles. The Morgan fingerprint density at radius 1 is 1.19 bits per heavy atom. The van der Waals surface area contributed by atoms with Crippen LogP contribution in [0.5, 0.6) is 0 Å². The Bertz CT molecular complexity index is 919. The number of rotatable bonds is 4. The van der Waals surface area contributed by atoms with E-state index < -0.39 is 17.8 Å². The van der Waals surface area contributed by atoms with Crippen molar-refractivity contribution in [2.45, 2.75) is 46.4 Å². The summed E-state index contributed by atoms with van der Waals surface area (Å²) in [4.78, 5) is 6.72. The SMILES string of the molecule is [2H]C([2H])([2H])N1CCCCC1CCN1c2ccccc2S(=O)c2ccc(SC)cc21. The molecule has 2 aliphatic heterocycles. The van der Waals surface area contributed by atoms with E-state index in [0.717, 1.165) is 51.7 Å². The molecule has 0 aromatic heterocycles. The first-order chi connectivity index (χ1) is 13.9. The van der Waals surface area contributed by atoms with E-state index in [0.29, 0.717) is 13.1 Å². The van der Waals surface area contributed by atoms with Crippen LogP contribution in [0.2, 0.25) is 0 Å². The van der Waals surface area contributed by atoms with E-state index in [1.54, 1.807) is 16.7 Å². The maximum Gasteiger partial charge on any atom is 0.0892 e. The molecule has 0 N–H and O–H groups in total. The highest BCUT2D eigenvalue weighted by Crippen LogP contribution is 2.43. The van der Waals surface area contributed by atoms with Gasteiger partial charge in [-0.2, -0.15) is 0 Å². The molecule has 1 saturated heterocycles. The van der Waals surface area contributed by atoms with Crippen molar-refractivity contribution in [2.75, 3.05) is 31.2 Å². The minimum Gasteiger partial charge on any atom is -0.339 e. The molecular formula is C21H26N2OS2. The zero-order chi connectivity index (χ0) is 20.6. The van der Waals surface area contributed by atoms with E-state index in [9.17, 15) is 4.21 Å². The molecule has 4 rings (SSSR count). The topological polar surface area (TPSA) is 23.6 Å². The third kappa shape index (κ3) is 3.32. The predicted octanol–water partition coefficient (Wildman–Crippen LogP) is 4.90. The van der Waals surface area contributed by atoms with Gasteiger partial charge < -0.3 is 9.80 Å². The second-order valence-electron chi connectivity index (χ2n) is 6.85. The first kappa shape index (κ1) is 14.7. The highest BCUT2D eigenvalue weighted by atomic mass is 32.2. The summed E-state index contributed by atoms with van der Waals surface area (Å²) in [5.74, 6) is 0. The van der Waals surface area contributed by atoms with E-state index >= 15 is 0 Å². The maximum absolute atomic E-state index is 13.1. The van der Waals surface area contributed by atoms with Crippen molar-refractivity contribution in [1.82, 2.24) is 4.90 Å². The van der Waals surface area contributed by atoms with Crippen LogP contribution in [0.15, 0.2) is 57.2 Å². The van der Waals surface area contributed by atoms with Crippen LogP contribution in [-0.4, -0.2) is 41.5 Å². The Hall–Kier alpha value is -1.30. The monoisotopic (exact) mass is 389 g/mol. The molecule has 2 aliphatic rings. The van der Waals surface area contributed by atoms with Gasteiger partial charge in [0.05, 0.1) is 32.0 Å². The molecule has 2 aromatic rings. The van der Waals surface area contributed by atoms with Gasteiger partial charge in [-0.3, -0.25) is 0 Å². The van der Waals surface area contributed by atoms with Crippen molar-refractivity contribution in [3.05, 3.63) is 42.5 Å². The van der Waals surface area contributed by atoms with Gasteiger partial charge in [-0.15, -0.1) is 11.8 Å². The third-order valence-corrected chi connectivity index (χ3v) is 7.54. The zero-order valence-electron chi connectivity index (χ0n) is 18.0. The summed E-state index contributed by atoms with van der Waals surface area (Å²) >= 11 is 1.67. The van der Waals surface area contributed by atoms with Crippen LogP contribution in [0.25, 0.3) is 0 Å². The number of para-hydroxylation sites is 1. The van der Waals surface area contributed by atoms with Gasteiger partial charge in [-0.25, -0.2) is 4.21 Å². The quantitative estimate of drug-likeness (QED) is 0.694. The van der Waals surface area contributed by atoms with Gasteiger partial charge in [0.25, 0.3) is 0 Å². The second kappa shape index (κ2) is 7.75. The van der Waals surface area contributed by atoms with Crippen LogP contribution in [-0.2, 0) is 10.8 Å². The lowest BCUT2D eigenvalue weighted by Gasteiger charge is -2.37. The molecule has 5 heteroatoms. The summed E-state index contributed by atoms with van der Waals surface area (Å²) in [6.45, 7) is -0.707. The molecule has 2 atom stereocenters. The molecule has 138 valence electrons. The van der Waals surface area contributed by atoms with E-state index in [4.69, 9.17) is 4.11 Å². The summed E-state index contributed by atoms with van der Waals surface area (Å²) in [5.41, 5.74) is 1.94. The normalized spacial score (nSPS) is 25.0. The molecule has 26 heavy (non-hydrogen) atoms. The fraction of sp³-hybridized carbons (Fsp3) is 0.429. The molecule has 1 fully saturated rings. The number of likely N-dealkylation sites (tertiary alicyclic amines) is 1. The van der Waals surface area contributed by atoms with Gasteiger partial charge in [0.15, 0.2) is 0 Å². The summed E-state index contributed by atoms with van der Waals surface area (Å²) in [7, 11) is -1.20. The van der Waals surface area contributed by atoms with Crippen molar-refractivity contribution in [2.24, 2.45) is 0 Å². The van der Waals surface area contributed by atoms with Gasteiger partial charge in [0.1, 0.15) is 0 Å². The highest BCUT2D eigenvalue weighted by Gasteiger charge is 2.29. The number of benzene rings is 2. The number of thioether (sulfide) groups is 1. The Balaban J connectivity index is 1.66. The number of hydrogen-bond acceptors (Lipinski definition) is 4. The van der Waals surface area contributed by atoms with Crippen molar-refractivity contribution in [1.29, 1.82) is 0 Å². The Labute approximate surface area is 167 Å². The lowest BCUT2D eigenvalue weighted by atomic mass is 9.99. The average Bonchev–Trinajstić information content (AvgIpc) is 2.73. The Morgan fingerprint density at radius 2 is 2.04 bits per heavy atom. The standard InChI is InChI=1S/C21H26N2OS2/c1-22-13-6-5-7-16(22)12-14-23-18-8-3-4-9-20(18)26(24)21-11-10-17(25-2)15-19(21)23/h3-4,8-11,15-16H,5-7,12-14H2,1-2H3/i1D3. The summed E-state index contributed by atoms with van der Waals surface area (Å²) in [6, 6.07) is 14.0. The molecule has 0 radical (unpaired) electrons. The zero-order valence-corrected chi connectivity index (χ0v) is 16.6. The number of fused-ring (bicyclic) bond motifs is 2. The first-order valence-corrected chi connectivity index (χ1v) is 11.5. The van der Waals surface area contributed by atoms with E-state index in [1.807, 2.05) is 42.7 Å². The summed E-state index contributed by atoms with van der Waals surface area (Å²) in [6.07, 6.45) is 5.74. The van der Waals surface area contributed by atoms with Crippen LogP contribution in [0.1, 0.15) is 29.8 Å². The molecule has 0 saturated carbocycles. The molecule has 2 unspecified atom stereocenters. The molecular weight excluding hydrogens is 360 g/mol. The Kier molecular flexibility index (Phi) is 4.39. The number of anilines is 2. The highest BCUT2D eigenvalue weighted by molar-refractivity contribution is 7.98. The van der Waals surface area contributed by atoms with Gasteiger partial charge in [-0.05, 0) is 69.4 Å². The van der Waals surface area contributed by atoms with Crippen LogP contribution in [0, 0.1) is 0 Å². The van der Waals surface area contributed by atoms with E-state index in [1.165, 1.54) is 0 Å². The number of nitrogens with zero attached hydrogens (tertiary/aromatic N) is 2. The third-order valence-electron chi connectivity index (χ3n) is 5.33. The van der Waals surface area contributed by atoms with Gasteiger partial charge in [0.2, 0.25) is 0 Å². The van der Waals surface area contributed by atoms with Crippen LogP contribution in [0.3, 0.4) is 0 Å². The van der Waals surface area contributed by atoms with Gasteiger partial charge in [-0.1, -0.05) is 18.6 Å². The summed E-state index contributed by atoms with van der Waals surface area (Å²) in [5, 5.41) is 0. The molecule has 0 spiro atoms. The van der Waals surface area contributed by atoms with Crippen molar-refractivity contribution in [3.8, 4) is 0 Å². The van der Waals surface area contributed by atoms with Crippen molar-refractivity contribution in [3.63, 3.8) is 0 Å². The Morgan fingerprint density at radius 3 is 2.88 bits per heavy atom. The first-order valence-electron chi connectivity index (χ1n) is 10.6. The fourth-order valence-corrected chi connectivity index (χ4v) is 5.69. The molecule has 3 nitrogen and oxygen atoms in total. The fourth-order valence-electron chi connectivity index (χ4n) is 3.90. The molecule has 2 heterocycles. The second-order valence-corrected chi connectivity index (χ2v) is 9.15. The largest absolute Gasteiger partial charge is 0.339 e. The van der Waals surface area contributed by atoms with Gasteiger partial charge in [0, 0.05) is 21.6 Å². The van der Waals surface area contributed by atoms with Crippen molar-refractivity contribution >= 4 is 33.9 Å².